The fourth-order valence-corrected chi connectivity index (χ4v) is 3.37. The minimum absolute atomic E-state index is 0.200. The highest BCUT2D eigenvalue weighted by molar-refractivity contribution is 5.96. The smallest absolute Gasteiger partial charge is 0.270 e. The van der Waals surface area contributed by atoms with E-state index in [1.165, 1.54) is 0 Å². The van der Waals surface area contributed by atoms with Gasteiger partial charge in [0.1, 0.15) is 11.5 Å². The summed E-state index contributed by atoms with van der Waals surface area (Å²) in [6.07, 6.45) is 5.88. The standard InChI is InChI=1S/C23H23N7O/c1-4-18(17-11-15-7-5-6-8-19(15)28-21(17)22(31)24-3)29-23-25-10-9-20(30-23)16-12-26-14(2)27-13-16/h5-13,18H,4H2,1-3H3,(H,24,31)(H,25,29,30)/t18-/m0/s1. The van der Waals surface area contributed by atoms with E-state index in [1.54, 1.807) is 25.6 Å². The average molecular weight is 413 g/mol. The quantitative estimate of drug-likeness (QED) is 0.496. The van der Waals surface area contributed by atoms with E-state index in [4.69, 9.17) is 0 Å². The number of aryl methyl sites for hydroxylation is 1. The number of nitrogens with one attached hydrogen (secondary N) is 2. The summed E-state index contributed by atoms with van der Waals surface area (Å²) in [7, 11) is 1.60. The van der Waals surface area contributed by atoms with Gasteiger partial charge in [0.25, 0.3) is 5.91 Å². The van der Waals surface area contributed by atoms with E-state index in [0.717, 1.165) is 27.7 Å². The second-order valence-corrected chi connectivity index (χ2v) is 7.09. The van der Waals surface area contributed by atoms with Crippen molar-refractivity contribution in [3.05, 3.63) is 72.1 Å². The molecule has 3 aromatic heterocycles. The molecule has 1 atom stereocenters. The number of fused-ring (bicyclic) bond motifs is 1. The van der Waals surface area contributed by atoms with Crippen LogP contribution in [0.25, 0.3) is 22.2 Å². The van der Waals surface area contributed by atoms with Crippen LogP contribution in [0, 0.1) is 6.92 Å². The first-order valence-electron chi connectivity index (χ1n) is 10.1. The molecule has 4 aromatic rings. The Balaban J connectivity index is 1.71. The van der Waals surface area contributed by atoms with Gasteiger partial charge < -0.3 is 10.6 Å². The van der Waals surface area contributed by atoms with Crippen molar-refractivity contribution in [2.24, 2.45) is 0 Å². The zero-order chi connectivity index (χ0) is 21.8. The van der Waals surface area contributed by atoms with Gasteiger partial charge >= 0.3 is 0 Å². The maximum Gasteiger partial charge on any atom is 0.270 e. The number of benzene rings is 1. The first-order chi connectivity index (χ1) is 15.1. The lowest BCUT2D eigenvalue weighted by molar-refractivity contribution is 0.0957. The SMILES string of the molecule is CC[C@H](Nc1nccc(-c2cnc(C)nc2)n1)c1cc2ccccc2nc1C(=O)NC. The van der Waals surface area contributed by atoms with Crippen molar-refractivity contribution in [2.75, 3.05) is 12.4 Å². The Morgan fingerprint density at radius 1 is 1.06 bits per heavy atom. The summed E-state index contributed by atoms with van der Waals surface area (Å²) < 4.78 is 0. The lowest BCUT2D eigenvalue weighted by Gasteiger charge is -2.20. The molecule has 0 aliphatic rings. The molecule has 0 saturated heterocycles. The minimum atomic E-state index is -0.229. The molecule has 1 aromatic carbocycles. The molecule has 0 spiro atoms. The maximum absolute atomic E-state index is 12.6. The van der Waals surface area contributed by atoms with Gasteiger partial charge in [-0.15, -0.1) is 0 Å². The molecule has 0 aliphatic carbocycles. The van der Waals surface area contributed by atoms with Crippen LogP contribution in [-0.4, -0.2) is 37.9 Å². The molecule has 0 saturated carbocycles. The number of pyridine rings is 1. The topological polar surface area (TPSA) is 106 Å². The number of hydrogen-bond acceptors (Lipinski definition) is 7. The fourth-order valence-electron chi connectivity index (χ4n) is 3.37. The molecule has 8 nitrogen and oxygen atoms in total. The predicted molar refractivity (Wildman–Crippen MR) is 120 cm³/mol. The normalized spacial score (nSPS) is 11.8. The summed E-state index contributed by atoms with van der Waals surface area (Å²) in [6.45, 7) is 3.88. The van der Waals surface area contributed by atoms with Crippen LogP contribution in [0.1, 0.15) is 41.3 Å². The van der Waals surface area contributed by atoms with Gasteiger partial charge in [0.05, 0.1) is 17.3 Å². The van der Waals surface area contributed by atoms with E-state index in [-0.39, 0.29) is 11.9 Å². The molecule has 0 aliphatic heterocycles. The number of aromatic nitrogens is 5. The zero-order valence-corrected chi connectivity index (χ0v) is 17.6. The van der Waals surface area contributed by atoms with Crippen LogP contribution in [0.5, 0.6) is 0 Å². The van der Waals surface area contributed by atoms with Crippen LogP contribution in [0.2, 0.25) is 0 Å². The monoisotopic (exact) mass is 413 g/mol. The Morgan fingerprint density at radius 3 is 2.58 bits per heavy atom. The summed E-state index contributed by atoms with van der Waals surface area (Å²) >= 11 is 0. The number of carbonyl (C=O) groups is 1. The third-order valence-corrected chi connectivity index (χ3v) is 5.01. The highest BCUT2D eigenvalue weighted by Gasteiger charge is 2.21. The molecule has 156 valence electrons. The molecule has 3 heterocycles. The second kappa shape index (κ2) is 8.83. The number of carbonyl (C=O) groups excluding carboxylic acids is 1. The van der Waals surface area contributed by atoms with E-state index in [1.807, 2.05) is 50.2 Å². The number of para-hydroxylation sites is 1. The molecule has 1 amide bonds. The van der Waals surface area contributed by atoms with E-state index >= 15 is 0 Å². The lowest BCUT2D eigenvalue weighted by Crippen LogP contribution is -2.24. The first kappa shape index (κ1) is 20.3. The average Bonchev–Trinajstić information content (AvgIpc) is 2.82. The molecular formula is C23H23N7O. The Morgan fingerprint density at radius 2 is 1.84 bits per heavy atom. The first-order valence-corrected chi connectivity index (χ1v) is 10.1. The van der Waals surface area contributed by atoms with Crippen molar-refractivity contribution >= 4 is 22.8 Å². The number of hydrogen-bond donors (Lipinski definition) is 2. The summed E-state index contributed by atoms with van der Waals surface area (Å²) in [5.74, 6) is 0.932. The number of rotatable bonds is 6. The van der Waals surface area contributed by atoms with Crippen LogP contribution in [-0.2, 0) is 0 Å². The number of nitrogens with zero attached hydrogens (tertiary/aromatic N) is 5. The molecule has 0 fully saturated rings. The van der Waals surface area contributed by atoms with Crippen molar-refractivity contribution in [2.45, 2.75) is 26.3 Å². The Kier molecular flexibility index (Phi) is 5.79. The zero-order valence-electron chi connectivity index (χ0n) is 17.6. The maximum atomic E-state index is 12.6. The summed E-state index contributed by atoms with van der Waals surface area (Å²) in [5.41, 5.74) is 3.49. The molecule has 8 heteroatoms. The van der Waals surface area contributed by atoms with Gasteiger partial charge in [-0.1, -0.05) is 25.1 Å². The summed E-state index contributed by atoms with van der Waals surface area (Å²) in [5, 5.41) is 7.03. The minimum Gasteiger partial charge on any atom is -0.354 e. The molecule has 0 unspecified atom stereocenters. The number of anilines is 1. The van der Waals surface area contributed by atoms with Crippen molar-refractivity contribution < 1.29 is 4.79 Å². The largest absolute Gasteiger partial charge is 0.354 e. The van der Waals surface area contributed by atoms with E-state index < -0.39 is 0 Å². The molecule has 2 N–H and O–H groups in total. The van der Waals surface area contributed by atoms with Gasteiger partial charge in [-0.2, -0.15) is 0 Å². The molecule has 31 heavy (non-hydrogen) atoms. The van der Waals surface area contributed by atoms with Crippen LogP contribution in [0.15, 0.2) is 55.0 Å². The third-order valence-electron chi connectivity index (χ3n) is 5.01. The van der Waals surface area contributed by atoms with E-state index in [0.29, 0.717) is 23.9 Å². The summed E-state index contributed by atoms with van der Waals surface area (Å²) in [4.78, 5) is 34.6. The van der Waals surface area contributed by atoms with Crippen LogP contribution in [0.4, 0.5) is 5.95 Å². The van der Waals surface area contributed by atoms with Gasteiger partial charge in [-0.3, -0.25) is 4.79 Å². The van der Waals surface area contributed by atoms with Crippen LogP contribution in [0.3, 0.4) is 0 Å². The third kappa shape index (κ3) is 4.32. The van der Waals surface area contributed by atoms with Crippen molar-refractivity contribution in [3.63, 3.8) is 0 Å². The molecule has 0 bridgehead atoms. The van der Waals surface area contributed by atoms with Gasteiger partial charge in [0, 0.05) is 42.2 Å². The van der Waals surface area contributed by atoms with Crippen molar-refractivity contribution in [1.82, 2.24) is 30.2 Å². The lowest BCUT2D eigenvalue weighted by atomic mass is 9.99. The van der Waals surface area contributed by atoms with E-state index in [2.05, 4.69) is 35.6 Å². The highest BCUT2D eigenvalue weighted by Crippen LogP contribution is 2.27. The van der Waals surface area contributed by atoms with Gasteiger partial charge in [0.2, 0.25) is 5.95 Å². The second-order valence-electron chi connectivity index (χ2n) is 7.09. The van der Waals surface area contributed by atoms with Gasteiger partial charge in [0.15, 0.2) is 0 Å². The Bertz CT molecular complexity index is 1220. The van der Waals surface area contributed by atoms with Gasteiger partial charge in [-0.25, -0.2) is 24.9 Å². The molecular weight excluding hydrogens is 390 g/mol. The number of amides is 1. The predicted octanol–water partition coefficient (Wildman–Crippen LogP) is 3.71. The van der Waals surface area contributed by atoms with Crippen molar-refractivity contribution in [1.29, 1.82) is 0 Å². The Hall–Kier alpha value is -3.94. The van der Waals surface area contributed by atoms with Crippen molar-refractivity contribution in [3.8, 4) is 11.3 Å². The van der Waals surface area contributed by atoms with Crippen LogP contribution < -0.4 is 10.6 Å². The molecule has 4 rings (SSSR count). The Labute approximate surface area is 180 Å². The van der Waals surface area contributed by atoms with Gasteiger partial charge in [-0.05, 0) is 31.5 Å². The molecule has 0 radical (unpaired) electrons. The van der Waals surface area contributed by atoms with E-state index in [9.17, 15) is 4.79 Å². The highest BCUT2D eigenvalue weighted by atomic mass is 16.1. The van der Waals surface area contributed by atoms with Crippen LogP contribution >= 0.6 is 0 Å². The summed E-state index contributed by atoms with van der Waals surface area (Å²) in [6, 6.07) is 11.4. The fraction of sp³-hybridized carbons (Fsp3) is 0.217.